The fourth-order valence-electron chi connectivity index (χ4n) is 1.91. The number of Topliss-reactive ketones (excluding diaryl/α,β-unsaturated/α-hetero) is 1. The molecule has 1 unspecified atom stereocenters. The highest BCUT2D eigenvalue weighted by Crippen LogP contribution is 2.11. The molecule has 0 bridgehead atoms. The van der Waals surface area contributed by atoms with Crippen molar-refractivity contribution in [1.29, 1.82) is 0 Å². The van der Waals surface area contributed by atoms with Crippen LogP contribution in [0.4, 0.5) is 0 Å². The molecule has 0 N–H and O–H groups in total. The minimum absolute atomic E-state index is 0.212. The topological polar surface area (TPSA) is 29.5 Å². The Morgan fingerprint density at radius 3 is 2.81 bits per heavy atom. The van der Waals surface area contributed by atoms with Gasteiger partial charge in [0.05, 0.1) is 6.61 Å². The van der Waals surface area contributed by atoms with Crippen LogP contribution in [0.2, 0.25) is 0 Å². The number of piperidine rings is 1. The molecule has 0 saturated carbocycles. The number of ether oxygens (including phenoxy) is 1. The summed E-state index contributed by atoms with van der Waals surface area (Å²) in [5.74, 6) is 1.34. The largest absolute Gasteiger partial charge is 0.380 e. The predicted molar refractivity (Wildman–Crippen MR) is 65.5 cm³/mol. The zero-order valence-electron chi connectivity index (χ0n) is 10.9. The van der Waals surface area contributed by atoms with Crippen molar-refractivity contribution in [3.05, 3.63) is 0 Å². The molecule has 94 valence electrons. The van der Waals surface area contributed by atoms with Crippen molar-refractivity contribution in [3.63, 3.8) is 0 Å². The van der Waals surface area contributed by atoms with E-state index in [0.717, 1.165) is 39.3 Å². The highest BCUT2D eigenvalue weighted by molar-refractivity contribution is 5.81. The summed E-state index contributed by atoms with van der Waals surface area (Å²) in [6, 6.07) is 0. The van der Waals surface area contributed by atoms with Gasteiger partial charge in [0.25, 0.3) is 0 Å². The zero-order chi connectivity index (χ0) is 12.0. The molecule has 0 aromatic heterocycles. The van der Waals surface area contributed by atoms with Crippen molar-refractivity contribution >= 4 is 5.78 Å². The Labute approximate surface area is 99.1 Å². The first-order chi connectivity index (χ1) is 7.59. The average Bonchev–Trinajstić information content (AvgIpc) is 2.22. The van der Waals surface area contributed by atoms with Crippen LogP contribution >= 0.6 is 0 Å². The molecule has 0 amide bonds. The summed E-state index contributed by atoms with van der Waals surface area (Å²) in [4.78, 5) is 13.7. The maximum Gasteiger partial charge on any atom is 0.138 e. The normalized spacial score (nSPS) is 23.0. The van der Waals surface area contributed by atoms with Crippen LogP contribution in [0.1, 0.15) is 33.6 Å². The van der Waals surface area contributed by atoms with Gasteiger partial charge in [-0.05, 0) is 12.3 Å². The van der Waals surface area contributed by atoms with Gasteiger partial charge in [-0.1, -0.05) is 20.8 Å². The standard InChI is InChI=1S/C13H25NO2/c1-11(2)5-8-16-9-7-14-6-4-13(15)12(3)10-14/h11-12H,4-10H2,1-3H3. The van der Waals surface area contributed by atoms with E-state index in [1.807, 2.05) is 6.92 Å². The van der Waals surface area contributed by atoms with Gasteiger partial charge in [-0.25, -0.2) is 0 Å². The number of nitrogens with zero attached hydrogens (tertiary/aromatic N) is 1. The van der Waals surface area contributed by atoms with Gasteiger partial charge in [0, 0.05) is 38.6 Å². The minimum atomic E-state index is 0.212. The summed E-state index contributed by atoms with van der Waals surface area (Å²) in [5, 5.41) is 0. The first-order valence-electron chi connectivity index (χ1n) is 6.42. The second-order valence-corrected chi connectivity index (χ2v) is 5.21. The van der Waals surface area contributed by atoms with Gasteiger partial charge in [-0.3, -0.25) is 9.69 Å². The molecule has 1 atom stereocenters. The van der Waals surface area contributed by atoms with E-state index in [0.29, 0.717) is 18.1 Å². The summed E-state index contributed by atoms with van der Waals surface area (Å²) >= 11 is 0. The molecule has 1 fully saturated rings. The third kappa shape index (κ3) is 5.08. The Balaban J connectivity index is 2.03. The molecule has 0 radical (unpaired) electrons. The summed E-state index contributed by atoms with van der Waals surface area (Å²) < 4.78 is 5.58. The zero-order valence-corrected chi connectivity index (χ0v) is 10.9. The third-order valence-electron chi connectivity index (χ3n) is 3.15. The number of rotatable bonds is 6. The van der Waals surface area contributed by atoms with E-state index < -0.39 is 0 Å². The van der Waals surface area contributed by atoms with Crippen molar-refractivity contribution in [2.24, 2.45) is 11.8 Å². The second-order valence-electron chi connectivity index (χ2n) is 5.21. The van der Waals surface area contributed by atoms with Crippen molar-refractivity contribution in [1.82, 2.24) is 4.90 Å². The fraction of sp³-hybridized carbons (Fsp3) is 0.923. The first kappa shape index (κ1) is 13.7. The van der Waals surface area contributed by atoms with E-state index in [4.69, 9.17) is 4.74 Å². The van der Waals surface area contributed by atoms with Gasteiger partial charge in [0.2, 0.25) is 0 Å². The summed E-state index contributed by atoms with van der Waals surface area (Å²) in [5.41, 5.74) is 0. The SMILES string of the molecule is CC(C)CCOCCN1CCC(=O)C(C)C1. The molecule has 0 aromatic rings. The van der Waals surface area contributed by atoms with E-state index >= 15 is 0 Å². The first-order valence-corrected chi connectivity index (χ1v) is 6.42. The maximum absolute atomic E-state index is 11.3. The molecule has 1 aliphatic rings. The molecule has 1 rings (SSSR count). The lowest BCUT2D eigenvalue weighted by Gasteiger charge is -2.29. The predicted octanol–water partition coefficient (Wildman–Crippen LogP) is 1.96. The van der Waals surface area contributed by atoms with Gasteiger partial charge in [0.1, 0.15) is 5.78 Å². The number of ketones is 1. The Morgan fingerprint density at radius 1 is 1.44 bits per heavy atom. The van der Waals surface area contributed by atoms with Gasteiger partial charge in [-0.15, -0.1) is 0 Å². The molecular weight excluding hydrogens is 202 g/mol. The molecular formula is C13H25NO2. The molecule has 1 aliphatic heterocycles. The number of hydrogen-bond acceptors (Lipinski definition) is 3. The van der Waals surface area contributed by atoms with Crippen molar-refractivity contribution in [2.75, 3.05) is 32.8 Å². The van der Waals surface area contributed by atoms with Crippen LogP contribution in [0.3, 0.4) is 0 Å². The summed E-state index contributed by atoms with van der Waals surface area (Å²) in [7, 11) is 0. The fourth-order valence-corrected chi connectivity index (χ4v) is 1.91. The molecule has 16 heavy (non-hydrogen) atoms. The monoisotopic (exact) mass is 227 g/mol. The van der Waals surface area contributed by atoms with Crippen LogP contribution < -0.4 is 0 Å². The molecule has 0 aliphatic carbocycles. The highest BCUT2D eigenvalue weighted by atomic mass is 16.5. The lowest BCUT2D eigenvalue weighted by atomic mass is 9.99. The van der Waals surface area contributed by atoms with E-state index in [9.17, 15) is 4.79 Å². The highest BCUT2D eigenvalue weighted by Gasteiger charge is 2.22. The quantitative estimate of drug-likeness (QED) is 0.650. The lowest BCUT2D eigenvalue weighted by molar-refractivity contribution is -0.125. The molecule has 0 aromatic carbocycles. The van der Waals surface area contributed by atoms with Gasteiger partial charge >= 0.3 is 0 Å². The van der Waals surface area contributed by atoms with Gasteiger partial charge in [0.15, 0.2) is 0 Å². The molecule has 3 heteroatoms. The summed E-state index contributed by atoms with van der Waals surface area (Å²) in [6.45, 7) is 10.9. The Bertz CT molecular complexity index is 216. The minimum Gasteiger partial charge on any atom is -0.380 e. The van der Waals surface area contributed by atoms with Crippen LogP contribution in [0.15, 0.2) is 0 Å². The summed E-state index contributed by atoms with van der Waals surface area (Å²) in [6.07, 6.45) is 1.85. The molecule has 1 saturated heterocycles. The molecule has 3 nitrogen and oxygen atoms in total. The number of carbonyl (C=O) groups is 1. The van der Waals surface area contributed by atoms with Crippen LogP contribution in [-0.4, -0.2) is 43.5 Å². The molecule has 0 spiro atoms. The Morgan fingerprint density at radius 2 is 2.19 bits per heavy atom. The maximum atomic E-state index is 11.3. The van der Waals surface area contributed by atoms with Crippen molar-refractivity contribution in [3.8, 4) is 0 Å². The van der Waals surface area contributed by atoms with Crippen LogP contribution in [-0.2, 0) is 9.53 Å². The number of hydrogen-bond donors (Lipinski definition) is 0. The van der Waals surface area contributed by atoms with Crippen LogP contribution in [0.25, 0.3) is 0 Å². The Kier molecular flexibility index (Phi) is 5.99. The van der Waals surface area contributed by atoms with Gasteiger partial charge in [-0.2, -0.15) is 0 Å². The number of carbonyl (C=O) groups excluding carboxylic acids is 1. The lowest BCUT2D eigenvalue weighted by Crippen LogP contribution is -2.41. The van der Waals surface area contributed by atoms with Crippen molar-refractivity contribution in [2.45, 2.75) is 33.6 Å². The van der Waals surface area contributed by atoms with E-state index in [1.54, 1.807) is 0 Å². The molecule has 1 heterocycles. The third-order valence-corrected chi connectivity index (χ3v) is 3.15. The average molecular weight is 227 g/mol. The smallest absolute Gasteiger partial charge is 0.138 e. The van der Waals surface area contributed by atoms with E-state index in [1.165, 1.54) is 0 Å². The Hall–Kier alpha value is -0.410. The van der Waals surface area contributed by atoms with Crippen LogP contribution in [0, 0.1) is 11.8 Å². The number of likely N-dealkylation sites (tertiary alicyclic amines) is 1. The van der Waals surface area contributed by atoms with Crippen LogP contribution in [0.5, 0.6) is 0 Å². The van der Waals surface area contributed by atoms with E-state index in [2.05, 4.69) is 18.7 Å². The van der Waals surface area contributed by atoms with Crippen molar-refractivity contribution < 1.29 is 9.53 Å². The van der Waals surface area contributed by atoms with E-state index in [-0.39, 0.29) is 5.92 Å². The van der Waals surface area contributed by atoms with Gasteiger partial charge < -0.3 is 4.74 Å². The second kappa shape index (κ2) is 7.02.